The molecule has 1 aliphatic rings. The van der Waals surface area contributed by atoms with E-state index in [0.717, 1.165) is 4.90 Å². The first-order chi connectivity index (χ1) is 18.2. The molecule has 0 radical (unpaired) electrons. The third kappa shape index (κ3) is 6.84. The average molecular weight is 563 g/mol. The van der Waals surface area contributed by atoms with Crippen molar-refractivity contribution in [2.24, 2.45) is 0 Å². The van der Waals surface area contributed by atoms with E-state index < -0.39 is 42.1 Å². The Bertz CT molecular complexity index is 1310. The van der Waals surface area contributed by atoms with E-state index in [1.807, 2.05) is 0 Å². The molecule has 1 fully saturated rings. The maximum Gasteiger partial charge on any atom is 0.343 e. The maximum atomic E-state index is 13.0. The molecule has 3 amide bonds. The number of nitrogens with one attached hydrogen (secondary N) is 1. The Balaban J connectivity index is 1.76. The Morgan fingerprint density at radius 1 is 1.13 bits per heavy atom. The summed E-state index contributed by atoms with van der Waals surface area (Å²) in [5.41, 5.74) is 0.661. The highest BCUT2D eigenvalue weighted by Crippen LogP contribution is 2.37. The number of amides is 3. The van der Waals surface area contributed by atoms with Crippen LogP contribution in [0, 0.1) is 0 Å². The second-order valence-electron chi connectivity index (χ2n) is 7.47. The molecule has 0 saturated carbocycles. The number of halogens is 1. The van der Waals surface area contributed by atoms with Crippen LogP contribution >= 0.6 is 23.4 Å². The lowest BCUT2D eigenvalue weighted by molar-refractivity contribution is -0.143. The van der Waals surface area contributed by atoms with Gasteiger partial charge in [0.15, 0.2) is 18.1 Å². The van der Waals surface area contributed by atoms with Gasteiger partial charge in [0, 0.05) is 11.3 Å². The Kier molecular flexibility index (Phi) is 9.74. The number of para-hydroxylation sites is 1. The summed E-state index contributed by atoms with van der Waals surface area (Å²) in [5.74, 6) is -2.17. The number of hydrogen-bond acceptors (Lipinski definition) is 10. The molecular formula is C25H23ClN2O9S. The number of carbonyl (C=O) groups is 5. The fourth-order valence-electron chi connectivity index (χ4n) is 3.24. The van der Waals surface area contributed by atoms with Crippen molar-refractivity contribution >= 4 is 64.1 Å². The summed E-state index contributed by atoms with van der Waals surface area (Å²) in [6, 6.07) is 9.08. The lowest BCUT2D eigenvalue weighted by Gasteiger charge is -2.14. The molecule has 0 unspecified atom stereocenters. The first-order valence-corrected chi connectivity index (χ1v) is 12.3. The average Bonchev–Trinajstić information content (AvgIpc) is 3.15. The molecule has 0 atom stereocenters. The topological polar surface area (TPSA) is 138 Å². The summed E-state index contributed by atoms with van der Waals surface area (Å²) in [6.07, 6.45) is 1.41. The zero-order valence-corrected chi connectivity index (χ0v) is 22.1. The second-order valence-corrected chi connectivity index (χ2v) is 8.87. The minimum absolute atomic E-state index is 0.0371. The number of methoxy groups -OCH3 is 2. The molecule has 0 spiro atoms. The largest absolute Gasteiger partial charge is 0.493 e. The summed E-state index contributed by atoms with van der Waals surface area (Å²) in [7, 11) is 2.63. The molecule has 0 bridgehead atoms. The van der Waals surface area contributed by atoms with Crippen LogP contribution in [-0.4, -0.2) is 67.9 Å². The highest BCUT2D eigenvalue weighted by atomic mass is 35.5. The molecule has 13 heteroatoms. The van der Waals surface area contributed by atoms with Crippen LogP contribution in [0.3, 0.4) is 0 Å². The second kappa shape index (κ2) is 13.0. The van der Waals surface area contributed by atoms with E-state index in [-0.39, 0.29) is 33.5 Å². The number of anilines is 1. The maximum absolute atomic E-state index is 13.0. The third-order valence-corrected chi connectivity index (χ3v) is 6.24. The number of benzene rings is 2. The molecule has 1 aliphatic heterocycles. The number of nitrogens with zero attached hydrogens (tertiary/aromatic N) is 1. The predicted molar refractivity (Wildman–Crippen MR) is 139 cm³/mol. The van der Waals surface area contributed by atoms with Crippen molar-refractivity contribution in [2.75, 3.05) is 39.3 Å². The highest BCUT2D eigenvalue weighted by molar-refractivity contribution is 8.18. The van der Waals surface area contributed by atoms with E-state index in [1.54, 1.807) is 25.1 Å². The van der Waals surface area contributed by atoms with E-state index in [1.165, 1.54) is 38.5 Å². The van der Waals surface area contributed by atoms with E-state index >= 15 is 0 Å². The summed E-state index contributed by atoms with van der Waals surface area (Å²) in [4.78, 5) is 62.5. The van der Waals surface area contributed by atoms with Gasteiger partial charge < -0.3 is 24.3 Å². The zero-order valence-electron chi connectivity index (χ0n) is 20.6. The van der Waals surface area contributed by atoms with Gasteiger partial charge in [-0.25, -0.2) is 9.59 Å². The van der Waals surface area contributed by atoms with Crippen LogP contribution in [0.15, 0.2) is 41.3 Å². The van der Waals surface area contributed by atoms with Gasteiger partial charge in [-0.3, -0.25) is 19.3 Å². The minimum Gasteiger partial charge on any atom is -0.493 e. The Hall–Kier alpha value is -4.03. The fraction of sp³-hybridized carbons (Fsp3) is 0.240. The van der Waals surface area contributed by atoms with Crippen LogP contribution in [0.5, 0.6) is 11.5 Å². The lowest BCUT2D eigenvalue weighted by Crippen LogP contribution is -2.36. The molecule has 1 N–H and O–H groups in total. The third-order valence-electron chi connectivity index (χ3n) is 5.00. The summed E-state index contributed by atoms with van der Waals surface area (Å²) >= 11 is 6.68. The molecule has 3 rings (SSSR count). The van der Waals surface area contributed by atoms with Crippen molar-refractivity contribution in [3.8, 4) is 11.5 Å². The van der Waals surface area contributed by atoms with Crippen LogP contribution in [0.4, 0.5) is 10.5 Å². The number of esters is 2. The molecule has 11 nitrogen and oxygen atoms in total. The molecule has 0 aliphatic carbocycles. The molecule has 1 heterocycles. The van der Waals surface area contributed by atoms with Gasteiger partial charge in [0.2, 0.25) is 5.91 Å². The highest BCUT2D eigenvalue weighted by Gasteiger charge is 2.36. The Morgan fingerprint density at radius 3 is 2.58 bits per heavy atom. The first-order valence-electron chi connectivity index (χ1n) is 11.1. The van der Waals surface area contributed by atoms with Crippen molar-refractivity contribution in [3.05, 3.63) is 57.5 Å². The van der Waals surface area contributed by atoms with Gasteiger partial charge in [-0.15, -0.1) is 0 Å². The first kappa shape index (κ1) is 28.5. The Morgan fingerprint density at radius 2 is 1.89 bits per heavy atom. The van der Waals surface area contributed by atoms with Crippen molar-refractivity contribution in [3.63, 3.8) is 0 Å². The SMILES string of the molecule is CCOC(=O)c1cc(NC(=O)CN2C(=O)S/C(=C/c3cccc(OC)c3OCC(=O)OC)C2=O)ccc1Cl. The van der Waals surface area contributed by atoms with Gasteiger partial charge in [-0.05, 0) is 49.0 Å². The van der Waals surface area contributed by atoms with Crippen molar-refractivity contribution in [1.29, 1.82) is 0 Å². The number of ether oxygens (including phenoxy) is 4. The number of carbonyl (C=O) groups excluding carboxylic acids is 5. The van der Waals surface area contributed by atoms with Crippen LogP contribution in [-0.2, 0) is 23.9 Å². The monoisotopic (exact) mass is 562 g/mol. The van der Waals surface area contributed by atoms with Crippen molar-refractivity contribution < 1.29 is 42.9 Å². The molecule has 2 aromatic carbocycles. The molecular weight excluding hydrogens is 540 g/mol. The quantitative estimate of drug-likeness (QED) is 0.336. The van der Waals surface area contributed by atoms with Crippen LogP contribution in [0.25, 0.3) is 6.08 Å². The molecule has 200 valence electrons. The summed E-state index contributed by atoms with van der Waals surface area (Å²) in [6.45, 7) is 0.824. The minimum atomic E-state index is -0.694. The smallest absolute Gasteiger partial charge is 0.343 e. The standard InChI is InChI=1S/C25H23ClN2O9S/c1-4-36-24(32)16-11-15(8-9-17(16)26)27-20(29)12-28-23(31)19(38-25(28)33)10-14-6-5-7-18(34-2)22(14)37-13-21(30)35-3/h5-11H,4,12-13H2,1-3H3,(H,27,29)/b19-10+. The van der Waals surface area contributed by atoms with Gasteiger partial charge >= 0.3 is 11.9 Å². The number of imide groups is 1. The fourth-order valence-corrected chi connectivity index (χ4v) is 4.27. The van der Waals surface area contributed by atoms with Gasteiger partial charge in [-0.1, -0.05) is 23.7 Å². The summed E-state index contributed by atoms with van der Waals surface area (Å²) in [5, 5.41) is 2.03. The van der Waals surface area contributed by atoms with Crippen LogP contribution in [0.2, 0.25) is 5.02 Å². The van der Waals surface area contributed by atoms with Crippen LogP contribution in [0.1, 0.15) is 22.8 Å². The number of hydrogen-bond donors (Lipinski definition) is 1. The number of rotatable bonds is 10. The van der Waals surface area contributed by atoms with Crippen molar-refractivity contribution in [2.45, 2.75) is 6.92 Å². The van der Waals surface area contributed by atoms with E-state index in [4.69, 9.17) is 25.8 Å². The normalized spacial score (nSPS) is 13.9. The Labute approximate surface area is 227 Å². The number of thioether (sulfide) groups is 1. The van der Waals surface area contributed by atoms with Crippen LogP contribution < -0.4 is 14.8 Å². The van der Waals surface area contributed by atoms with E-state index in [9.17, 15) is 24.0 Å². The van der Waals surface area contributed by atoms with Gasteiger partial charge in [0.1, 0.15) is 6.54 Å². The van der Waals surface area contributed by atoms with Gasteiger partial charge in [-0.2, -0.15) is 0 Å². The summed E-state index contributed by atoms with van der Waals surface area (Å²) < 4.78 is 20.3. The molecule has 1 saturated heterocycles. The lowest BCUT2D eigenvalue weighted by atomic mass is 10.1. The molecule has 38 heavy (non-hydrogen) atoms. The van der Waals surface area contributed by atoms with E-state index in [2.05, 4.69) is 10.1 Å². The molecule has 2 aromatic rings. The van der Waals surface area contributed by atoms with E-state index in [0.29, 0.717) is 23.1 Å². The zero-order chi connectivity index (χ0) is 27.8. The molecule has 0 aromatic heterocycles. The van der Waals surface area contributed by atoms with Gasteiger partial charge in [0.05, 0.1) is 36.3 Å². The van der Waals surface area contributed by atoms with Gasteiger partial charge in [0.25, 0.3) is 11.1 Å². The predicted octanol–water partition coefficient (Wildman–Crippen LogP) is 3.75. The van der Waals surface area contributed by atoms with Crippen molar-refractivity contribution in [1.82, 2.24) is 4.90 Å².